The Kier molecular flexibility index (Phi) is 8.15. The molecular weight excluding hydrogens is 260 g/mol. The van der Waals surface area contributed by atoms with Crippen LogP contribution in [0.15, 0.2) is 42.5 Å². The van der Waals surface area contributed by atoms with Crippen molar-refractivity contribution < 1.29 is 0 Å². The first-order valence-electron chi connectivity index (χ1n) is 6.18. The van der Waals surface area contributed by atoms with Gasteiger partial charge in [-0.15, -0.1) is 0 Å². The number of allylic oxidation sites excluding steroid dienone is 2. The highest BCUT2D eigenvalue weighted by Crippen LogP contribution is 2.05. The molecule has 0 fully saturated rings. The van der Waals surface area contributed by atoms with E-state index in [0.717, 1.165) is 5.33 Å². The van der Waals surface area contributed by atoms with Gasteiger partial charge in [0.15, 0.2) is 0 Å². The third-order valence-electron chi connectivity index (χ3n) is 2.61. The number of unbranched alkanes of at least 4 members (excludes halogenated alkanes) is 3. The van der Waals surface area contributed by atoms with E-state index in [2.05, 4.69) is 58.4 Å². The van der Waals surface area contributed by atoms with Crippen molar-refractivity contribution in [2.24, 2.45) is 0 Å². The van der Waals surface area contributed by atoms with Crippen molar-refractivity contribution in [3.63, 3.8) is 0 Å². The predicted octanol–water partition coefficient (Wildman–Crippen LogP) is 5.13. The molecule has 1 aromatic rings. The van der Waals surface area contributed by atoms with Crippen LogP contribution in [-0.4, -0.2) is 5.33 Å². The quantitative estimate of drug-likeness (QED) is 0.352. The maximum atomic E-state index is 3.45. The lowest BCUT2D eigenvalue weighted by Crippen LogP contribution is -1.81. The van der Waals surface area contributed by atoms with Crippen LogP contribution in [0.5, 0.6) is 0 Å². The van der Waals surface area contributed by atoms with Crippen molar-refractivity contribution in [3.8, 4) is 0 Å². The summed E-state index contributed by atoms with van der Waals surface area (Å²) in [4.78, 5) is 0. The Morgan fingerprint density at radius 3 is 2.38 bits per heavy atom. The van der Waals surface area contributed by atoms with Gasteiger partial charge >= 0.3 is 0 Å². The number of rotatable bonds is 8. The van der Waals surface area contributed by atoms with E-state index in [1.165, 1.54) is 44.1 Å². The third-order valence-corrected chi connectivity index (χ3v) is 3.17. The average molecular weight is 281 g/mol. The van der Waals surface area contributed by atoms with E-state index < -0.39 is 0 Å². The van der Waals surface area contributed by atoms with E-state index in [4.69, 9.17) is 0 Å². The number of aryl methyl sites for hydroxylation is 1. The van der Waals surface area contributed by atoms with Crippen LogP contribution in [0.4, 0.5) is 0 Å². The molecule has 0 N–H and O–H groups in total. The first-order valence-corrected chi connectivity index (χ1v) is 7.30. The van der Waals surface area contributed by atoms with Crippen molar-refractivity contribution in [1.29, 1.82) is 0 Å². The van der Waals surface area contributed by atoms with Gasteiger partial charge in [-0.1, -0.05) is 64.8 Å². The number of hydrogen-bond donors (Lipinski definition) is 0. The summed E-state index contributed by atoms with van der Waals surface area (Å²) in [5, 5.41) is 1.14. The second-order valence-corrected chi connectivity index (χ2v) is 4.83. The van der Waals surface area contributed by atoms with Crippen LogP contribution in [0, 0.1) is 0 Å². The summed E-state index contributed by atoms with van der Waals surface area (Å²) in [5.74, 6) is 0. The molecule has 0 atom stereocenters. The van der Waals surface area contributed by atoms with E-state index in [-0.39, 0.29) is 0 Å². The van der Waals surface area contributed by atoms with Gasteiger partial charge in [0.2, 0.25) is 0 Å². The molecule has 1 aromatic carbocycles. The molecule has 0 radical (unpaired) electrons. The Morgan fingerprint density at radius 2 is 1.62 bits per heavy atom. The summed E-state index contributed by atoms with van der Waals surface area (Å²) in [6.07, 6.45) is 12.2. The van der Waals surface area contributed by atoms with Gasteiger partial charge in [-0.05, 0) is 37.7 Å². The summed E-state index contributed by atoms with van der Waals surface area (Å²) in [7, 11) is 0. The van der Waals surface area contributed by atoms with Crippen LogP contribution in [0.1, 0.15) is 37.7 Å². The number of halogens is 1. The average Bonchev–Trinajstić information content (AvgIpc) is 2.34. The van der Waals surface area contributed by atoms with Gasteiger partial charge < -0.3 is 0 Å². The molecule has 0 aromatic heterocycles. The smallest absolute Gasteiger partial charge is 0.00313 e. The van der Waals surface area contributed by atoms with Crippen LogP contribution in [0.2, 0.25) is 0 Å². The molecule has 0 aliphatic heterocycles. The van der Waals surface area contributed by atoms with Gasteiger partial charge in [0.05, 0.1) is 0 Å². The molecule has 0 aliphatic rings. The van der Waals surface area contributed by atoms with E-state index >= 15 is 0 Å². The standard InChI is InChI=1S/C15H21Br/c16-14-10-5-3-1-2-4-7-11-15-12-8-6-9-13-15/h2,4,6,8-9,12-13H,1,3,5,7,10-11,14H2/b4-2+. The van der Waals surface area contributed by atoms with Crippen molar-refractivity contribution >= 4 is 15.9 Å². The van der Waals surface area contributed by atoms with Crippen molar-refractivity contribution in [2.75, 3.05) is 5.33 Å². The lowest BCUT2D eigenvalue weighted by atomic mass is 10.1. The van der Waals surface area contributed by atoms with Crippen molar-refractivity contribution in [2.45, 2.75) is 38.5 Å². The van der Waals surface area contributed by atoms with Gasteiger partial charge in [0.1, 0.15) is 0 Å². The topological polar surface area (TPSA) is 0 Å². The molecule has 0 bridgehead atoms. The Hall–Kier alpha value is -0.560. The summed E-state index contributed by atoms with van der Waals surface area (Å²) in [6, 6.07) is 10.7. The Balaban J connectivity index is 2.00. The second kappa shape index (κ2) is 9.65. The van der Waals surface area contributed by atoms with Gasteiger partial charge in [-0.2, -0.15) is 0 Å². The molecule has 0 heterocycles. The van der Waals surface area contributed by atoms with Gasteiger partial charge in [0, 0.05) is 5.33 Å². The van der Waals surface area contributed by atoms with Crippen LogP contribution in [0.3, 0.4) is 0 Å². The number of hydrogen-bond acceptors (Lipinski definition) is 0. The zero-order valence-corrected chi connectivity index (χ0v) is 11.5. The normalized spacial score (nSPS) is 11.1. The Morgan fingerprint density at radius 1 is 0.875 bits per heavy atom. The summed E-state index contributed by atoms with van der Waals surface area (Å²) >= 11 is 3.45. The molecule has 0 unspecified atom stereocenters. The lowest BCUT2D eigenvalue weighted by Gasteiger charge is -1.97. The molecule has 0 saturated carbocycles. The fraction of sp³-hybridized carbons (Fsp3) is 0.467. The highest BCUT2D eigenvalue weighted by molar-refractivity contribution is 9.09. The zero-order valence-electron chi connectivity index (χ0n) is 9.87. The minimum Gasteiger partial charge on any atom is -0.0928 e. The molecule has 0 saturated heterocycles. The van der Waals surface area contributed by atoms with E-state index in [9.17, 15) is 0 Å². The molecule has 88 valence electrons. The lowest BCUT2D eigenvalue weighted by molar-refractivity contribution is 0.735. The molecule has 0 spiro atoms. The highest BCUT2D eigenvalue weighted by atomic mass is 79.9. The molecule has 0 amide bonds. The molecule has 0 nitrogen and oxygen atoms in total. The molecule has 0 aliphatic carbocycles. The highest BCUT2D eigenvalue weighted by Gasteiger charge is 1.88. The Labute approximate surface area is 108 Å². The van der Waals surface area contributed by atoms with Crippen LogP contribution in [-0.2, 0) is 6.42 Å². The van der Waals surface area contributed by atoms with Crippen LogP contribution < -0.4 is 0 Å². The van der Waals surface area contributed by atoms with Gasteiger partial charge in [-0.3, -0.25) is 0 Å². The minimum absolute atomic E-state index is 1.14. The SMILES string of the molecule is BrCCCCC/C=C/CCc1ccccc1. The summed E-state index contributed by atoms with van der Waals surface area (Å²) in [6.45, 7) is 0. The molecule has 1 rings (SSSR count). The van der Waals surface area contributed by atoms with Crippen LogP contribution >= 0.6 is 15.9 Å². The number of alkyl halides is 1. The second-order valence-electron chi connectivity index (χ2n) is 4.03. The monoisotopic (exact) mass is 280 g/mol. The summed E-state index contributed by atoms with van der Waals surface area (Å²) < 4.78 is 0. The molecular formula is C15H21Br. The third kappa shape index (κ3) is 6.84. The van der Waals surface area contributed by atoms with E-state index in [1.807, 2.05) is 0 Å². The minimum atomic E-state index is 1.14. The van der Waals surface area contributed by atoms with Gasteiger partial charge in [0.25, 0.3) is 0 Å². The first kappa shape index (κ1) is 13.5. The molecule has 1 heteroatoms. The fourth-order valence-electron chi connectivity index (χ4n) is 1.66. The first-order chi connectivity index (χ1) is 7.93. The number of benzene rings is 1. The largest absolute Gasteiger partial charge is 0.0928 e. The van der Waals surface area contributed by atoms with Crippen LogP contribution in [0.25, 0.3) is 0 Å². The fourth-order valence-corrected chi connectivity index (χ4v) is 2.06. The maximum absolute atomic E-state index is 3.45. The van der Waals surface area contributed by atoms with Gasteiger partial charge in [-0.25, -0.2) is 0 Å². The summed E-state index contributed by atoms with van der Waals surface area (Å²) in [5.41, 5.74) is 1.44. The van der Waals surface area contributed by atoms with Crippen molar-refractivity contribution in [1.82, 2.24) is 0 Å². The van der Waals surface area contributed by atoms with E-state index in [0.29, 0.717) is 0 Å². The predicted molar refractivity (Wildman–Crippen MR) is 76.2 cm³/mol. The molecule has 16 heavy (non-hydrogen) atoms. The van der Waals surface area contributed by atoms with Crippen molar-refractivity contribution in [3.05, 3.63) is 48.0 Å². The zero-order chi connectivity index (χ0) is 11.5. The van der Waals surface area contributed by atoms with E-state index in [1.54, 1.807) is 0 Å². The maximum Gasteiger partial charge on any atom is 0.00313 e. The Bertz CT molecular complexity index is 277.